The van der Waals surface area contributed by atoms with Crippen LogP contribution in [0.25, 0.3) is 5.69 Å². The van der Waals surface area contributed by atoms with Crippen LogP contribution in [0.1, 0.15) is 37.9 Å². The first-order valence-corrected chi connectivity index (χ1v) is 6.99. The molecule has 1 N–H and O–H groups in total. The first-order valence-electron chi connectivity index (χ1n) is 6.99. The standard InChI is InChI=1S/C14H19N5/c1-3-7-12(8-4-1)15-11-14-16-17-18-19(14)13-9-5-2-6-10-13/h2,5-6,9-10,12,15H,1,3-4,7-8,11H2. The van der Waals surface area contributed by atoms with Crippen molar-refractivity contribution < 1.29 is 0 Å². The van der Waals surface area contributed by atoms with Crippen molar-refractivity contribution in [2.45, 2.75) is 44.7 Å². The normalized spacial score (nSPS) is 16.6. The second-order valence-electron chi connectivity index (χ2n) is 5.06. The third-order valence-electron chi connectivity index (χ3n) is 3.69. The van der Waals surface area contributed by atoms with Gasteiger partial charge in [-0.25, -0.2) is 0 Å². The Morgan fingerprint density at radius 3 is 2.68 bits per heavy atom. The maximum Gasteiger partial charge on any atom is 0.170 e. The van der Waals surface area contributed by atoms with Crippen LogP contribution in [0.4, 0.5) is 0 Å². The molecule has 0 saturated heterocycles. The number of nitrogens with zero attached hydrogens (tertiary/aromatic N) is 4. The number of aromatic nitrogens is 4. The highest BCUT2D eigenvalue weighted by Gasteiger charge is 2.14. The summed E-state index contributed by atoms with van der Waals surface area (Å²) in [5, 5.41) is 15.5. The van der Waals surface area contributed by atoms with Crippen LogP contribution in [0.15, 0.2) is 30.3 Å². The van der Waals surface area contributed by atoms with Crippen LogP contribution in [0.3, 0.4) is 0 Å². The van der Waals surface area contributed by atoms with Gasteiger partial charge >= 0.3 is 0 Å². The molecule has 1 aliphatic carbocycles. The van der Waals surface area contributed by atoms with Gasteiger partial charge in [0.15, 0.2) is 5.82 Å². The average molecular weight is 257 g/mol. The summed E-state index contributed by atoms with van der Waals surface area (Å²) in [6, 6.07) is 10.6. The molecule has 1 aliphatic rings. The summed E-state index contributed by atoms with van der Waals surface area (Å²) < 4.78 is 1.80. The zero-order chi connectivity index (χ0) is 12.9. The molecule has 1 aromatic heterocycles. The Hall–Kier alpha value is -1.75. The minimum Gasteiger partial charge on any atom is -0.307 e. The Morgan fingerprint density at radius 1 is 1.11 bits per heavy atom. The van der Waals surface area contributed by atoms with Crippen molar-refractivity contribution in [2.75, 3.05) is 0 Å². The quantitative estimate of drug-likeness (QED) is 0.911. The van der Waals surface area contributed by atoms with Gasteiger partial charge in [0.25, 0.3) is 0 Å². The molecule has 2 aromatic rings. The van der Waals surface area contributed by atoms with Gasteiger partial charge in [-0.15, -0.1) is 5.10 Å². The van der Waals surface area contributed by atoms with Crippen molar-refractivity contribution in [3.63, 3.8) is 0 Å². The maximum atomic E-state index is 4.12. The maximum absolute atomic E-state index is 4.12. The summed E-state index contributed by atoms with van der Waals surface area (Å²) in [5.41, 5.74) is 1.01. The number of para-hydroxylation sites is 1. The second kappa shape index (κ2) is 5.93. The lowest BCUT2D eigenvalue weighted by atomic mass is 9.95. The van der Waals surface area contributed by atoms with E-state index < -0.39 is 0 Å². The molecule has 0 bridgehead atoms. The molecule has 0 radical (unpaired) electrons. The van der Waals surface area contributed by atoms with E-state index in [-0.39, 0.29) is 0 Å². The van der Waals surface area contributed by atoms with Gasteiger partial charge in [0, 0.05) is 6.04 Å². The lowest BCUT2D eigenvalue weighted by Crippen LogP contribution is -2.31. The van der Waals surface area contributed by atoms with Crippen LogP contribution in [0.5, 0.6) is 0 Å². The first kappa shape index (κ1) is 12.3. The summed E-state index contributed by atoms with van der Waals surface area (Å²) in [7, 11) is 0. The molecule has 1 saturated carbocycles. The molecule has 0 atom stereocenters. The van der Waals surface area contributed by atoms with E-state index in [0.29, 0.717) is 6.04 Å². The molecule has 1 aromatic carbocycles. The zero-order valence-corrected chi connectivity index (χ0v) is 11.0. The summed E-state index contributed by atoms with van der Waals surface area (Å²) >= 11 is 0. The summed E-state index contributed by atoms with van der Waals surface area (Å²) in [6.07, 6.45) is 6.59. The molecule has 19 heavy (non-hydrogen) atoms. The predicted molar refractivity (Wildman–Crippen MR) is 72.9 cm³/mol. The molecule has 0 aliphatic heterocycles. The van der Waals surface area contributed by atoms with Gasteiger partial charge in [-0.2, -0.15) is 4.68 Å². The second-order valence-corrected chi connectivity index (χ2v) is 5.06. The van der Waals surface area contributed by atoms with Crippen molar-refractivity contribution in [1.29, 1.82) is 0 Å². The summed E-state index contributed by atoms with van der Waals surface area (Å²) in [6.45, 7) is 0.729. The topological polar surface area (TPSA) is 55.6 Å². The largest absolute Gasteiger partial charge is 0.307 e. The van der Waals surface area contributed by atoms with E-state index in [1.165, 1.54) is 32.1 Å². The van der Waals surface area contributed by atoms with Gasteiger partial charge in [-0.3, -0.25) is 0 Å². The van der Waals surface area contributed by atoms with Gasteiger partial charge in [0.2, 0.25) is 0 Å². The van der Waals surface area contributed by atoms with Crippen molar-refractivity contribution in [3.8, 4) is 5.69 Å². The van der Waals surface area contributed by atoms with Crippen molar-refractivity contribution in [1.82, 2.24) is 25.5 Å². The average Bonchev–Trinajstić information content (AvgIpc) is 2.95. The third-order valence-corrected chi connectivity index (χ3v) is 3.69. The number of nitrogens with one attached hydrogen (secondary N) is 1. The minimum absolute atomic E-state index is 0.620. The van der Waals surface area contributed by atoms with Gasteiger partial charge < -0.3 is 5.32 Å². The minimum atomic E-state index is 0.620. The van der Waals surface area contributed by atoms with Crippen molar-refractivity contribution in [3.05, 3.63) is 36.2 Å². The number of tetrazole rings is 1. The molecular weight excluding hydrogens is 238 g/mol. The molecule has 5 nitrogen and oxygen atoms in total. The fourth-order valence-corrected chi connectivity index (χ4v) is 2.63. The van der Waals surface area contributed by atoms with Crippen LogP contribution < -0.4 is 5.32 Å². The summed E-state index contributed by atoms with van der Waals surface area (Å²) in [5.74, 6) is 0.872. The predicted octanol–water partition coefficient (Wildman–Crippen LogP) is 2.08. The van der Waals surface area contributed by atoms with Crippen LogP contribution in [-0.2, 0) is 6.54 Å². The fraction of sp³-hybridized carbons (Fsp3) is 0.500. The van der Waals surface area contributed by atoms with Gasteiger partial charge in [-0.1, -0.05) is 37.5 Å². The highest BCUT2D eigenvalue weighted by atomic mass is 15.5. The van der Waals surface area contributed by atoms with Gasteiger partial charge in [0.1, 0.15) is 0 Å². The first-order chi connectivity index (χ1) is 9.43. The Bertz CT molecular complexity index is 502. The molecular formula is C14H19N5. The molecule has 100 valence electrons. The number of rotatable bonds is 4. The van der Waals surface area contributed by atoms with E-state index in [9.17, 15) is 0 Å². The highest BCUT2D eigenvalue weighted by molar-refractivity contribution is 5.30. The number of benzene rings is 1. The SMILES string of the molecule is c1ccc(-n2nnnc2CNC2CCCCC2)cc1. The number of hydrogen-bond acceptors (Lipinski definition) is 4. The van der Waals surface area contributed by atoms with Crippen LogP contribution in [0.2, 0.25) is 0 Å². The van der Waals surface area contributed by atoms with E-state index in [1.54, 1.807) is 4.68 Å². The smallest absolute Gasteiger partial charge is 0.170 e. The lowest BCUT2D eigenvalue weighted by molar-refractivity contribution is 0.368. The van der Waals surface area contributed by atoms with Crippen molar-refractivity contribution >= 4 is 0 Å². The molecule has 0 unspecified atom stereocenters. The Kier molecular flexibility index (Phi) is 3.83. The van der Waals surface area contributed by atoms with E-state index >= 15 is 0 Å². The van der Waals surface area contributed by atoms with Gasteiger partial charge in [0.05, 0.1) is 12.2 Å². The lowest BCUT2D eigenvalue weighted by Gasteiger charge is -2.22. The molecule has 5 heteroatoms. The molecule has 0 amide bonds. The van der Waals surface area contributed by atoms with E-state index in [1.807, 2.05) is 30.3 Å². The third kappa shape index (κ3) is 2.98. The van der Waals surface area contributed by atoms with E-state index in [4.69, 9.17) is 0 Å². The van der Waals surface area contributed by atoms with Crippen LogP contribution >= 0.6 is 0 Å². The zero-order valence-electron chi connectivity index (χ0n) is 11.0. The molecule has 3 rings (SSSR count). The van der Waals surface area contributed by atoms with Gasteiger partial charge in [-0.05, 0) is 35.4 Å². The fourth-order valence-electron chi connectivity index (χ4n) is 2.63. The van der Waals surface area contributed by atoms with Crippen LogP contribution in [0, 0.1) is 0 Å². The van der Waals surface area contributed by atoms with Crippen LogP contribution in [-0.4, -0.2) is 26.2 Å². The monoisotopic (exact) mass is 257 g/mol. The Labute approximate surface area is 113 Å². The summed E-state index contributed by atoms with van der Waals surface area (Å²) in [4.78, 5) is 0. The molecule has 1 heterocycles. The number of hydrogen-bond donors (Lipinski definition) is 1. The van der Waals surface area contributed by atoms with E-state index in [2.05, 4.69) is 20.8 Å². The molecule has 1 fully saturated rings. The molecule has 0 spiro atoms. The Morgan fingerprint density at radius 2 is 1.89 bits per heavy atom. The highest BCUT2D eigenvalue weighted by Crippen LogP contribution is 2.17. The Balaban J connectivity index is 1.67. The van der Waals surface area contributed by atoms with E-state index in [0.717, 1.165) is 18.1 Å². The van der Waals surface area contributed by atoms with Crippen molar-refractivity contribution in [2.24, 2.45) is 0 Å².